The Hall–Kier alpha value is -2.22. The molecular weight excluding hydrogens is 396 g/mol. The highest BCUT2D eigenvalue weighted by atomic mass is 32.1. The van der Waals surface area contributed by atoms with Crippen LogP contribution in [0.3, 0.4) is 0 Å². The number of hydrogen-bond donors (Lipinski definition) is 1. The third kappa shape index (κ3) is 5.28. The number of hydrogen-bond acceptors (Lipinski definition) is 5. The van der Waals surface area contributed by atoms with Crippen LogP contribution in [0.1, 0.15) is 29.3 Å². The molecule has 2 aliphatic heterocycles. The zero-order valence-corrected chi connectivity index (χ0v) is 18.2. The minimum Gasteiger partial charge on any atom is -0.342 e. The predicted octanol–water partition coefficient (Wildman–Crippen LogP) is 2.19. The lowest BCUT2D eigenvalue weighted by Gasteiger charge is -2.35. The molecule has 2 aromatic rings. The summed E-state index contributed by atoms with van der Waals surface area (Å²) in [5.41, 5.74) is 1.16. The number of benzene rings is 1. The summed E-state index contributed by atoms with van der Waals surface area (Å²) in [6.07, 6.45) is 2.24. The van der Waals surface area contributed by atoms with E-state index in [0.29, 0.717) is 26.2 Å². The number of carbonyl (C=O) groups excluding carboxylic acids is 2. The Bertz CT molecular complexity index is 813. The second-order valence-electron chi connectivity index (χ2n) is 7.98. The predicted molar refractivity (Wildman–Crippen MR) is 119 cm³/mol. The highest BCUT2D eigenvalue weighted by Gasteiger charge is 2.26. The molecule has 2 fully saturated rings. The van der Waals surface area contributed by atoms with E-state index in [0.717, 1.165) is 44.6 Å². The van der Waals surface area contributed by atoms with E-state index in [1.165, 1.54) is 4.88 Å². The van der Waals surface area contributed by atoms with Crippen molar-refractivity contribution in [1.29, 1.82) is 0 Å². The lowest BCUT2D eigenvalue weighted by molar-refractivity contribution is -0.134. The van der Waals surface area contributed by atoms with E-state index in [-0.39, 0.29) is 17.9 Å². The lowest BCUT2D eigenvalue weighted by Crippen LogP contribution is -2.53. The van der Waals surface area contributed by atoms with Crippen LogP contribution in [0.5, 0.6) is 0 Å². The number of amides is 2. The van der Waals surface area contributed by atoms with Crippen molar-refractivity contribution in [3.63, 3.8) is 0 Å². The van der Waals surface area contributed by atoms with Gasteiger partial charge < -0.3 is 9.80 Å². The summed E-state index contributed by atoms with van der Waals surface area (Å²) in [5, 5.41) is 5.53. The van der Waals surface area contributed by atoms with Crippen molar-refractivity contribution < 1.29 is 9.59 Å². The SMILES string of the molecule is O=C(CN[C@@H](c1ccccc1)c1cccs1)N1CCN(CC(=O)N2CCCC2)CC1. The molecule has 2 aliphatic rings. The van der Waals surface area contributed by atoms with E-state index in [1.54, 1.807) is 11.3 Å². The molecule has 0 radical (unpaired) electrons. The number of rotatable bonds is 7. The fourth-order valence-corrected chi connectivity index (χ4v) is 5.03. The van der Waals surface area contributed by atoms with Crippen LogP contribution in [0.4, 0.5) is 0 Å². The molecule has 2 saturated heterocycles. The fourth-order valence-electron chi connectivity index (χ4n) is 4.20. The van der Waals surface area contributed by atoms with E-state index in [9.17, 15) is 9.59 Å². The number of likely N-dealkylation sites (tertiary alicyclic amines) is 1. The van der Waals surface area contributed by atoms with Crippen LogP contribution in [-0.4, -0.2) is 78.9 Å². The molecule has 1 atom stereocenters. The van der Waals surface area contributed by atoms with Gasteiger partial charge in [-0.05, 0) is 29.9 Å². The highest BCUT2D eigenvalue weighted by Crippen LogP contribution is 2.25. The largest absolute Gasteiger partial charge is 0.342 e. The highest BCUT2D eigenvalue weighted by molar-refractivity contribution is 7.10. The first-order valence-electron chi connectivity index (χ1n) is 10.8. The molecule has 3 heterocycles. The Morgan fingerprint density at radius 3 is 2.23 bits per heavy atom. The van der Waals surface area contributed by atoms with E-state index in [2.05, 4.69) is 33.8 Å². The molecule has 0 saturated carbocycles. The monoisotopic (exact) mass is 426 g/mol. The van der Waals surface area contributed by atoms with Crippen LogP contribution in [-0.2, 0) is 9.59 Å². The molecule has 0 aliphatic carbocycles. The normalized spacial score (nSPS) is 18.5. The average Bonchev–Trinajstić information content (AvgIpc) is 3.50. The Labute approximate surface area is 182 Å². The zero-order valence-electron chi connectivity index (χ0n) is 17.3. The van der Waals surface area contributed by atoms with Crippen LogP contribution in [0.25, 0.3) is 0 Å². The van der Waals surface area contributed by atoms with Gasteiger partial charge in [-0.2, -0.15) is 0 Å². The van der Waals surface area contributed by atoms with Crippen molar-refractivity contribution in [2.24, 2.45) is 0 Å². The van der Waals surface area contributed by atoms with Gasteiger partial charge >= 0.3 is 0 Å². The molecule has 1 N–H and O–H groups in total. The molecule has 0 bridgehead atoms. The second-order valence-corrected chi connectivity index (χ2v) is 8.96. The van der Waals surface area contributed by atoms with Gasteiger partial charge in [0.05, 0.1) is 19.1 Å². The first kappa shape index (κ1) is 21.0. The maximum atomic E-state index is 12.8. The van der Waals surface area contributed by atoms with Crippen molar-refractivity contribution >= 4 is 23.2 Å². The third-order valence-corrected chi connectivity index (χ3v) is 6.90. The molecule has 4 rings (SSSR count). The second kappa shape index (κ2) is 10.2. The molecule has 1 aromatic heterocycles. The number of thiophene rings is 1. The molecule has 1 aromatic carbocycles. The number of carbonyl (C=O) groups is 2. The third-order valence-electron chi connectivity index (χ3n) is 5.96. The first-order chi connectivity index (χ1) is 14.7. The van der Waals surface area contributed by atoms with Crippen LogP contribution in [0.15, 0.2) is 47.8 Å². The zero-order chi connectivity index (χ0) is 20.8. The van der Waals surface area contributed by atoms with E-state index in [4.69, 9.17) is 0 Å². The summed E-state index contributed by atoms with van der Waals surface area (Å²) in [6, 6.07) is 14.4. The van der Waals surface area contributed by atoms with Crippen LogP contribution < -0.4 is 5.32 Å². The number of nitrogens with zero attached hydrogens (tertiary/aromatic N) is 3. The molecule has 2 amide bonds. The molecular formula is C23H30N4O2S. The first-order valence-corrected chi connectivity index (χ1v) is 11.7. The lowest BCUT2D eigenvalue weighted by atomic mass is 10.1. The molecule has 160 valence electrons. The Kier molecular flexibility index (Phi) is 7.15. The minimum atomic E-state index is 0.0227. The van der Waals surface area contributed by atoms with Crippen molar-refractivity contribution in [3.05, 3.63) is 58.3 Å². The van der Waals surface area contributed by atoms with Crippen molar-refractivity contribution in [2.45, 2.75) is 18.9 Å². The molecule has 7 heteroatoms. The van der Waals surface area contributed by atoms with Gasteiger partial charge in [0, 0.05) is 44.1 Å². The number of piperazine rings is 1. The summed E-state index contributed by atoms with van der Waals surface area (Å²) >= 11 is 1.70. The summed E-state index contributed by atoms with van der Waals surface area (Å²) in [7, 11) is 0. The quantitative estimate of drug-likeness (QED) is 0.738. The topological polar surface area (TPSA) is 55.9 Å². The fraction of sp³-hybridized carbons (Fsp3) is 0.478. The van der Waals surface area contributed by atoms with Gasteiger partial charge in [-0.25, -0.2) is 0 Å². The van der Waals surface area contributed by atoms with E-state index in [1.807, 2.05) is 34.1 Å². The molecule has 30 heavy (non-hydrogen) atoms. The molecule has 0 spiro atoms. The van der Waals surface area contributed by atoms with Gasteiger partial charge in [-0.1, -0.05) is 36.4 Å². The molecule has 0 unspecified atom stereocenters. The minimum absolute atomic E-state index is 0.0227. The smallest absolute Gasteiger partial charge is 0.236 e. The van der Waals surface area contributed by atoms with Crippen LogP contribution in [0, 0.1) is 0 Å². The summed E-state index contributed by atoms with van der Waals surface area (Å²) in [6.45, 7) is 5.48. The summed E-state index contributed by atoms with van der Waals surface area (Å²) < 4.78 is 0. The van der Waals surface area contributed by atoms with Gasteiger partial charge in [0.1, 0.15) is 0 Å². The number of nitrogens with one attached hydrogen (secondary N) is 1. The van der Waals surface area contributed by atoms with Gasteiger partial charge in [0.2, 0.25) is 11.8 Å². The maximum Gasteiger partial charge on any atom is 0.236 e. The van der Waals surface area contributed by atoms with Gasteiger partial charge in [0.25, 0.3) is 0 Å². The maximum absolute atomic E-state index is 12.8. The Morgan fingerprint density at radius 2 is 1.57 bits per heavy atom. The average molecular weight is 427 g/mol. The summed E-state index contributed by atoms with van der Waals surface area (Å²) in [4.78, 5) is 32.4. The van der Waals surface area contributed by atoms with Crippen LogP contribution >= 0.6 is 11.3 Å². The van der Waals surface area contributed by atoms with Gasteiger partial charge in [0.15, 0.2) is 0 Å². The Morgan fingerprint density at radius 1 is 0.867 bits per heavy atom. The standard InChI is InChI=1S/C23H30N4O2S/c28-21(17-24-23(20-9-6-16-30-20)19-7-2-1-3-8-19)27-14-12-25(13-15-27)18-22(29)26-10-4-5-11-26/h1-3,6-9,16,23-24H,4-5,10-15,17-18H2/t23-/m0/s1. The summed E-state index contributed by atoms with van der Waals surface area (Å²) in [5.74, 6) is 0.355. The van der Waals surface area contributed by atoms with Crippen LogP contribution in [0.2, 0.25) is 0 Å². The Balaban J connectivity index is 1.26. The van der Waals surface area contributed by atoms with Gasteiger partial charge in [-0.15, -0.1) is 11.3 Å². The van der Waals surface area contributed by atoms with E-state index < -0.39 is 0 Å². The van der Waals surface area contributed by atoms with E-state index >= 15 is 0 Å². The van der Waals surface area contributed by atoms with Crippen molar-refractivity contribution in [2.75, 3.05) is 52.4 Å². The van der Waals surface area contributed by atoms with Crippen molar-refractivity contribution in [3.8, 4) is 0 Å². The van der Waals surface area contributed by atoms with Crippen molar-refractivity contribution in [1.82, 2.24) is 20.0 Å². The van der Waals surface area contributed by atoms with Gasteiger partial charge in [-0.3, -0.25) is 19.8 Å². The molecule has 6 nitrogen and oxygen atoms in total.